The Morgan fingerprint density at radius 1 is 1.26 bits per heavy atom. The van der Waals surface area contributed by atoms with E-state index < -0.39 is 5.60 Å². The number of aryl methyl sites for hydroxylation is 1. The third-order valence-corrected chi connectivity index (χ3v) is 3.87. The summed E-state index contributed by atoms with van der Waals surface area (Å²) < 4.78 is 5.38. The molecule has 3 rings (SSSR count). The molecule has 1 aliphatic rings. The van der Waals surface area contributed by atoms with E-state index in [1.165, 1.54) is 0 Å². The normalized spacial score (nSPS) is 15.4. The molecular formula is C18H23N3O2. The molecule has 122 valence electrons. The highest BCUT2D eigenvalue weighted by Gasteiger charge is 2.36. The van der Waals surface area contributed by atoms with Crippen LogP contribution in [0.1, 0.15) is 38.2 Å². The third-order valence-electron chi connectivity index (χ3n) is 3.87. The maximum atomic E-state index is 12.0. The van der Waals surface area contributed by atoms with Crippen LogP contribution in [-0.4, -0.2) is 39.7 Å². The number of amides is 1. The van der Waals surface area contributed by atoms with Gasteiger partial charge in [0.05, 0.1) is 11.6 Å². The summed E-state index contributed by atoms with van der Waals surface area (Å²) in [5.41, 5.74) is 2.69. The van der Waals surface area contributed by atoms with Gasteiger partial charge in [-0.1, -0.05) is 30.3 Å². The van der Waals surface area contributed by atoms with E-state index >= 15 is 0 Å². The number of carbonyl (C=O) groups excluding carboxylic acids is 1. The molecule has 0 spiro atoms. The summed E-state index contributed by atoms with van der Waals surface area (Å²) in [5, 5.41) is 0. The van der Waals surface area contributed by atoms with Gasteiger partial charge in [-0.3, -0.25) is 0 Å². The number of nitrogens with zero attached hydrogens (tertiary/aromatic N) is 2. The number of hydrogen-bond acceptors (Lipinski definition) is 3. The Balaban J connectivity index is 1.66. The minimum Gasteiger partial charge on any atom is -0.444 e. The second-order valence-electron chi connectivity index (χ2n) is 7.04. The summed E-state index contributed by atoms with van der Waals surface area (Å²) in [6.45, 7) is 8.97. The second kappa shape index (κ2) is 5.72. The predicted molar refractivity (Wildman–Crippen MR) is 89.3 cm³/mol. The summed E-state index contributed by atoms with van der Waals surface area (Å²) in [5.74, 6) is 1.19. The first kappa shape index (κ1) is 15.6. The van der Waals surface area contributed by atoms with Crippen LogP contribution in [0.25, 0.3) is 11.3 Å². The van der Waals surface area contributed by atoms with Crippen LogP contribution < -0.4 is 0 Å². The van der Waals surface area contributed by atoms with Gasteiger partial charge in [0.15, 0.2) is 0 Å². The molecule has 1 saturated heterocycles. The van der Waals surface area contributed by atoms with Gasteiger partial charge < -0.3 is 14.6 Å². The minimum atomic E-state index is -0.454. The van der Waals surface area contributed by atoms with Crippen LogP contribution in [0.15, 0.2) is 30.3 Å². The summed E-state index contributed by atoms with van der Waals surface area (Å²) in [6, 6.07) is 10.1. The van der Waals surface area contributed by atoms with Gasteiger partial charge in [-0.15, -0.1) is 0 Å². The average molecular weight is 313 g/mol. The zero-order chi connectivity index (χ0) is 16.6. The largest absolute Gasteiger partial charge is 0.444 e. The number of imidazole rings is 1. The minimum absolute atomic E-state index is 0.249. The molecule has 0 radical (unpaired) electrons. The van der Waals surface area contributed by atoms with Gasteiger partial charge in [0.1, 0.15) is 11.4 Å². The molecule has 1 aromatic heterocycles. The molecule has 0 bridgehead atoms. The molecule has 5 nitrogen and oxygen atoms in total. The number of likely N-dealkylation sites (tertiary alicyclic amines) is 1. The number of benzene rings is 1. The van der Waals surface area contributed by atoms with E-state index in [2.05, 4.69) is 17.1 Å². The van der Waals surface area contributed by atoms with Crippen molar-refractivity contribution in [1.29, 1.82) is 0 Å². The lowest BCUT2D eigenvalue weighted by Gasteiger charge is -2.38. The molecule has 2 aromatic rings. The van der Waals surface area contributed by atoms with Crippen molar-refractivity contribution in [2.24, 2.45) is 0 Å². The number of nitrogens with one attached hydrogen (secondary N) is 1. The zero-order valence-corrected chi connectivity index (χ0v) is 14.1. The number of aromatic amines is 1. The van der Waals surface area contributed by atoms with Crippen LogP contribution in [0.5, 0.6) is 0 Å². The van der Waals surface area contributed by atoms with Crippen LogP contribution in [-0.2, 0) is 4.74 Å². The number of H-pyrrole nitrogens is 1. The van der Waals surface area contributed by atoms with Crippen molar-refractivity contribution in [2.75, 3.05) is 13.1 Å². The van der Waals surface area contributed by atoms with Crippen molar-refractivity contribution in [1.82, 2.24) is 14.9 Å². The third kappa shape index (κ3) is 3.38. The van der Waals surface area contributed by atoms with Gasteiger partial charge in [0.2, 0.25) is 0 Å². The van der Waals surface area contributed by atoms with Gasteiger partial charge >= 0.3 is 6.09 Å². The highest BCUT2D eigenvalue weighted by atomic mass is 16.6. The zero-order valence-electron chi connectivity index (χ0n) is 14.1. The Hall–Kier alpha value is -2.30. The fourth-order valence-electron chi connectivity index (χ4n) is 2.68. The average Bonchev–Trinajstić information content (AvgIpc) is 2.77. The first-order chi connectivity index (χ1) is 10.8. The molecule has 0 atom stereocenters. The summed E-state index contributed by atoms with van der Waals surface area (Å²) >= 11 is 0. The molecule has 1 fully saturated rings. The monoisotopic (exact) mass is 313 g/mol. The Bertz CT molecular complexity index is 695. The van der Waals surface area contributed by atoms with Crippen LogP contribution in [0.4, 0.5) is 4.79 Å². The Morgan fingerprint density at radius 2 is 1.91 bits per heavy atom. The molecule has 1 aromatic carbocycles. The van der Waals surface area contributed by atoms with E-state index in [1.54, 1.807) is 4.90 Å². The lowest BCUT2D eigenvalue weighted by molar-refractivity contribution is 0.00759. The number of aromatic nitrogens is 2. The maximum absolute atomic E-state index is 12.0. The van der Waals surface area contributed by atoms with E-state index in [1.807, 2.05) is 45.9 Å². The summed E-state index contributed by atoms with van der Waals surface area (Å²) in [6.07, 6.45) is -0.250. The van der Waals surface area contributed by atoms with Crippen molar-refractivity contribution in [2.45, 2.75) is 39.2 Å². The Morgan fingerprint density at radius 3 is 2.52 bits per heavy atom. The molecule has 23 heavy (non-hydrogen) atoms. The molecule has 1 amide bonds. The maximum Gasteiger partial charge on any atom is 0.410 e. The second-order valence-corrected chi connectivity index (χ2v) is 7.04. The van der Waals surface area contributed by atoms with Crippen molar-refractivity contribution in [3.63, 3.8) is 0 Å². The van der Waals surface area contributed by atoms with Crippen molar-refractivity contribution in [3.05, 3.63) is 41.9 Å². The van der Waals surface area contributed by atoms with Crippen LogP contribution in [0.3, 0.4) is 0 Å². The smallest absolute Gasteiger partial charge is 0.410 e. The Labute approximate surface area is 136 Å². The van der Waals surface area contributed by atoms with E-state index in [4.69, 9.17) is 9.72 Å². The molecular weight excluding hydrogens is 290 g/mol. The molecule has 1 aliphatic heterocycles. The van der Waals surface area contributed by atoms with Gasteiger partial charge in [-0.25, -0.2) is 9.78 Å². The van der Waals surface area contributed by atoms with Crippen molar-refractivity contribution >= 4 is 6.09 Å². The molecule has 0 aliphatic carbocycles. The van der Waals surface area contributed by atoms with Gasteiger partial charge in [0.25, 0.3) is 0 Å². The predicted octanol–water partition coefficient (Wildman–Crippen LogP) is 3.72. The topological polar surface area (TPSA) is 58.2 Å². The van der Waals surface area contributed by atoms with E-state index in [0.717, 1.165) is 22.8 Å². The van der Waals surface area contributed by atoms with Crippen molar-refractivity contribution in [3.8, 4) is 11.3 Å². The molecule has 0 unspecified atom stereocenters. The van der Waals surface area contributed by atoms with E-state index in [9.17, 15) is 4.79 Å². The number of hydrogen-bond donors (Lipinski definition) is 1. The fraction of sp³-hybridized carbons (Fsp3) is 0.444. The highest BCUT2D eigenvalue weighted by Crippen LogP contribution is 2.30. The fourth-order valence-corrected chi connectivity index (χ4v) is 2.68. The lowest BCUT2D eigenvalue weighted by Crippen LogP contribution is -2.50. The quantitative estimate of drug-likeness (QED) is 0.919. The highest BCUT2D eigenvalue weighted by molar-refractivity contribution is 5.69. The number of rotatable bonds is 2. The SMILES string of the molecule is Cc1[nH]c(C2CN(C(=O)OC(C)(C)C)C2)nc1-c1ccccc1. The standard InChI is InChI=1S/C18H23N3O2/c1-12-15(13-8-6-5-7-9-13)20-16(19-12)14-10-21(11-14)17(22)23-18(2,3)4/h5-9,14H,10-11H2,1-4H3,(H,19,20). The molecule has 2 heterocycles. The van der Waals surface area contributed by atoms with Gasteiger partial charge in [-0.2, -0.15) is 0 Å². The molecule has 5 heteroatoms. The van der Waals surface area contributed by atoms with E-state index in [-0.39, 0.29) is 12.0 Å². The van der Waals surface area contributed by atoms with Crippen LogP contribution >= 0.6 is 0 Å². The van der Waals surface area contributed by atoms with Gasteiger partial charge in [-0.05, 0) is 27.7 Å². The van der Waals surface area contributed by atoms with E-state index in [0.29, 0.717) is 13.1 Å². The Kier molecular flexibility index (Phi) is 3.88. The molecule has 0 saturated carbocycles. The first-order valence-corrected chi connectivity index (χ1v) is 7.93. The summed E-state index contributed by atoms with van der Waals surface area (Å²) in [4.78, 5) is 21.8. The summed E-state index contributed by atoms with van der Waals surface area (Å²) in [7, 11) is 0. The first-order valence-electron chi connectivity index (χ1n) is 7.93. The number of ether oxygens (including phenoxy) is 1. The molecule has 1 N–H and O–H groups in total. The van der Waals surface area contributed by atoms with Crippen LogP contribution in [0.2, 0.25) is 0 Å². The van der Waals surface area contributed by atoms with Crippen LogP contribution in [0, 0.1) is 6.92 Å². The number of carbonyl (C=O) groups is 1. The van der Waals surface area contributed by atoms with Gasteiger partial charge in [0, 0.05) is 24.3 Å². The lowest BCUT2D eigenvalue weighted by atomic mass is 10.0. The van der Waals surface area contributed by atoms with Crippen molar-refractivity contribution < 1.29 is 9.53 Å².